The summed E-state index contributed by atoms with van der Waals surface area (Å²) in [5, 5.41) is 9.12. The van der Waals surface area contributed by atoms with Crippen molar-refractivity contribution in [3.63, 3.8) is 0 Å². The van der Waals surface area contributed by atoms with E-state index in [4.69, 9.17) is 8.83 Å². The van der Waals surface area contributed by atoms with Crippen molar-refractivity contribution >= 4 is 87.5 Å². The molecular weight excluding hydrogens is 925 g/mol. The lowest BCUT2D eigenvalue weighted by atomic mass is 9.87. The van der Waals surface area contributed by atoms with Crippen LogP contribution in [0.5, 0.6) is 0 Å². The molecule has 0 radical (unpaired) electrons. The predicted octanol–water partition coefficient (Wildman–Crippen LogP) is 20.0. The van der Waals surface area contributed by atoms with Crippen molar-refractivity contribution in [2.45, 2.75) is 0 Å². The highest BCUT2D eigenvalue weighted by atomic mass is 16.3. The summed E-state index contributed by atoms with van der Waals surface area (Å²) in [6, 6.07) is 97.0. The molecule has 12 aromatic carbocycles. The van der Waals surface area contributed by atoms with E-state index in [2.05, 4.69) is 264 Å². The van der Waals surface area contributed by atoms with Gasteiger partial charge in [0.25, 0.3) is 0 Å². The maximum atomic E-state index is 6.41. The van der Waals surface area contributed by atoms with E-state index in [9.17, 15) is 0 Å². The third kappa shape index (κ3) is 6.57. The van der Waals surface area contributed by atoms with E-state index < -0.39 is 0 Å². The molecule has 0 N–H and O–H groups in total. The summed E-state index contributed by atoms with van der Waals surface area (Å²) in [4.78, 5) is 0. The van der Waals surface area contributed by atoms with Gasteiger partial charge in [-0.3, -0.25) is 0 Å². The topological polar surface area (TPSA) is 36.1 Å². The maximum Gasteiger partial charge on any atom is 0.135 e. The Bertz CT molecular complexity index is 4650. The molecular formula is C72H44N2O2. The molecule has 0 atom stereocenters. The third-order valence-corrected chi connectivity index (χ3v) is 15.7. The van der Waals surface area contributed by atoms with Crippen LogP contribution in [0.15, 0.2) is 276 Å². The standard InChI is InChI=1S/C72H44N2O2/c1-5-17-45(18-6-1)49-29-33-65-59(37-49)61-41-55(47-21-9-3-10-22-47)57(43-67(61)73(65)51-31-35-71-63(39-51)53-25-13-15-27-69(53)75-71)58-44-68-62(42-56(58)48-23-11-4-12-24-48)60-38-50(46-19-7-2-8-20-46)30-34-66(60)74(68)52-32-36-72-64(40-52)54-26-14-16-28-70(54)76-72/h1-44H. The van der Waals surface area contributed by atoms with Gasteiger partial charge in [-0.2, -0.15) is 0 Å². The highest BCUT2D eigenvalue weighted by Gasteiger charge is 2.24. The Kier molecular flexibility index (Phi) is 9.30. The van der Waals surface area contributed by atoms with Gasteiger partial charge in [0, 0.05) is 54.5 Å². The molecule has 0 fully saturated rings. The molecule has 354 valence electrons. The molecule has 0 bridgehead atoms. The second-order valence-electron chi connectivity index (χ2n) is 20.0. The summed E-state index contributed by atoms with van der Waals surface area (Å²) in [6.07, 6.45) is 0. The van der Waals surface area contributed by atoms with E-state index in [0.717, 1.165) is 111 Å². The summed E-state index contributed by atoms with van der Waals surface area (Å²) in [5.41, 5.74) is 21.8. The zero-order valence-corrected chi connectivity index (χ0v) is 41.1. The van der Waals surface area contributed by atoms with Gasteiger partial charge < -0.3 is 18.0 Å². The molecule has 4 heteroatoms. The molecule has 0 saturated carbocycles. The average molecular weight is 969 g/mol. The first-order valence-corrected chi connectivity index (χ1v) is 26.0. The first-order chi connectivity index (χ1) is 37.7. The number of hydrogen-bond acceptors (Lipinski definition) is 2. The fourth-order valence-corrected chi connectivity index (χ4v) is 12.2. The summed E-state index contributed by atoms with van der Waals surface area (Å²) in [7, 11) is 0. The van der Waals surface area contributed by atoms with Crippen molar-refractivity contribution in [3.8, 4) is 67.0 Å². The van der Waals surface area contributed by atoms with Crippen LogP contribution in [-0.2, 0) is 0 Å². The molecule has 0 aliphatic carbocycles. The lowest BCUT2D eigenvalue weighted by Crippen LogP contribution is -1.97. The lowest BCUT2D eigenvalue weighted by Gasteiger charge is -2.18. The van der Waals surface area contributed by atoms with E-state index in [0.29, 0.717) is 0 Å². The third-order valence-electron chi connectivity index (χ3n) is 15.7. The van der Waals surface area contributed by atoms with Crippen LogP contribution < -0.4 is 0 Å². The van der Waals surface area contributed by atoms with Crippen molar-refractivity contribution in [1.29, 1.82) is 0 Å². The number of benzene rings is 12. The molecule has 76 heavy (non-hydrogen) atoms. The molecule has 16 aromatic rings. The SMILES string of the molecule is c1ccc(-c2ccc3c(c2)c2cc(-c4ccccc4)c(-c4cc5c(cc4-c4ccccc4)c4cc(-c6ccccc6)ccc4n5-c4ccc5oc6ccccc6c5c4)cc2n3-c2ccc3oc4ccccc4c3c2)cc1. The zero-order valence-electron chi connectivity index (χ0n) is 41.1. The van der Waals surface area contributed by atoms with Gasteiger partial charge in [0.2, 0.25) is 0 Å². The van der Waals surface area contributed by atoms with Crippen LogP contribution >= 0.6 is 0 Å². The Balaban J connectivity index is 1.04. The molecule has 4 heterocycles. The highest BCUT2D eigenvalue weighted by Crippen LogP contribution is 2.48. The van der Waals surface area contributed by atoms with Gasteiger partial charge in [-0.15, -0.1) is 0 Å². The normalized spacial score (nSPS) is 11.9. The second kappa shape index (κ2) is 16.7. The minimum Gasteiger partial charge on any atom is -0.456 e. The Hall–Kier alpha value is -10.2. The second-order valence-corrected chi connectivity index (χ2v) is 20.0. The smallest absolute Gasteiger partial charge is 0.135 e. The first-order valence-electron chi connectivity index (χ1n) is 26.0. The van der Waals surface area contributed by atoms with Crippen LogP contribution in [0.4, 0.5) is 0 Å². The van der Waals surface area contributed by atoms with E-state index in [1.807, 2.05) is 12.1 Å². The molecule has 0 amide bonds. The Labute approximate surface area is 437 Å². The van der Waals surface area contributed by atoms with Gasteiger partial charge in [0.15, 0.2) is 0 Å². The zero-order chi connectivity index (χ0) is 49.8. The number of para-hydroxylation sites is 2. The van der Waals surface area contributed by atoms with Gasteiger partial charge in [0.05, 0.1) is 22.1 Å². The summed E-state index contributed by atoms with van der Waals surface area (Å²) in [6.45, 7) is 0. The molecule has 0 aliphatic heterocycles. The van der Waals surface area contributed by atoms with Crippen molar-refractivity contribution in [3.05, 3.63) is 267 Å². The van der Waals surface area contributed by atoms with Gasteiger partial charge in [-0.25, -0.2) is 0 Å². The number of aromatic nitrogens is 2. The number of furan rings is 2. The van der Waals surface area contributed by atoms with Crippen molar-refractivity contribution in [2.24, 2.45) is 0 Å². The van der Waals surface area contributed by atoms with Gasteiger partial charge >= 0.3 is 0 Å². The van der Waals surface area contributed by atoms with Crippen LogP contribution in [0.25, 0.3) is 154 Å². The molecule has 4 aromatic heterocycles. The summed E-state index contributed by atoms with van der Waals surface area (Å²) < 4.78 is 17.7. The summed E-state index contributed by atoms with van der Waals surface area (Å²) in [5.74, 6) is 0. The van der Waals surface area contributed by atoms with Crippen LogP contribution in [0.3, 0.4) is 0 Å². The number of fused-ring (bicyclic) bond motifs is 12. The van der Waals surface area contributed by atoms with Gasteiger partial charge in [-0.05, 0) is 153 Å². The van der Waals surface area contributed by atoms with Crippen LogP contribution in [0.1, 0.15) is 0 Å². The average Bonchev–Trinajstić information content (AvgIpc) is 4.42. The van der Waals surface area contributed by atoms with Crippen molar-refractivity contribution in [1.82, 2.24) is 9.13 Å². The van der Waals surface area contributed by atoms with Crippen LogP contribution in [0, 0.1) is 0 Å². The number of nitrogens with zero attached hydrogens (tertiary/aromatic N) is 2. The quantitative estimate of drug-likeness (QED) is 0.160. The van der Waals surface area contributed by atoms with Crippen molar-refractivity contribution < 1.29 is 8.83 Å². The maximum absolute atomic E-state index is 6.41. The molecule has 0 saturated heterocycles. The van der Waals surface area contributed by atoms with Crippen LogP contribution in [0.2, 0.25) is 0 Å². The largest absolute Gasteiger partial charge is 0.456 e. The van der Waals surface area contributed by atoms with Crippen molar-refractivity contribution in [2.75, 3.05) is 0 Å². The predicted molar refractivity (Wildman–Crippen MR) is 317 cm³/mol. The molecule has 16 rings (SSSR count). The molecule has 0 spiro atoms. The highest BCUT2D eigenvalue weighted by molar-refractivity contribution is 6.18. The fraction of sp³-hybridized carbons (Fsp3) is 0. The van der Waals surface area contributed by atoms with E-state index in [1.54, 1.807) is 0 Å². The molecule has 0 aliphatic rings. The summed E-state index contributed by atoms with van der Waals surface area (Å²) >= 11 is 0. The lowest BCUT2D eigenvalue weighted by molar-refractivity contribution is 0.668. The molecule has 4 nitrogen and oxygen atoms in total. The van der Waals surface area contributed by atoms with Crippen LogP contribution in [-0.4, -0.2) is 9.13 Å². The Morgan fingerprint density at radius 1 is 0.197 bits per heavy atom. The number of hydrogen-bond donors (Lipinski definition) is 0. The monoisotopic (exact) mass is 968 g/mol. The minimum absolute atomic E-state index is 0.872. The first kappa shape index (κ1) is 42.4. The molecule has 0 unspecified atom stereocenters. The van der Waals surface area contributed by atoms with E-state index in [1.165, 1.54) is 43.8 Å². The minimum atomic E-state index is 0.872. The Morgan fingerprint density at radius 2 is 0.553 bits per heavy atom. The number of rotatable bonds is 7. The van der Waals surface area contributed by atoms with E-state index >= 15 is 0 Å². The fourth-order valence-electron chi connectivity index (χ4n) is 12.2. The van der Waals surface area contributed by atoms with E-state index in [-0.39, 0.29) is 0 Å². The Morgan fingerprint density at radius 3 is 0.974 bits per heavy atom. The van der Waals surface area contributed by atoms with Gasteiger partial charge in [0.1, 0.15) is 22.3 Å². The van der Waals surface area contributed by atoms with Gasteiger partial charge in [-0.1, -0.05) is 170 Å².